The number of aromatic nitrogens is 5. The van der Waals surface area contributed by atoms with E-state index in [1.165, 1.54) is 17.1 Å². The highest BCUT2D eigenvalue weighted by Crippen LogP contribution is 2.40. The third-order valence-electron chi connectivity index (χ3n) is 7.45. The highest BCUT2D eigenvalue weighted by molar-refractivity contribution is 6.74. The number of pyridine rings is 1. The van der Waals surface area contributed by atoms with Gasteiger partial charge in [0.1, 0.15) is 29.5 Å². The first kappa shape index (κ1) is 27.0. The van der Waals surface area contributed by atoms with Gasteiger partial charge in [-0.05, 0) is 43.1 Å². The zero-order chi connectivity index (χ0) is 27.9. The zero-order valence-electron chi connectivity index (χ0n) is 22.5. The van der Waals surface area contributed by atoms with Gasteiger partial charge >= 0.3 is 0 Å². The maximum atomic E-state index is 14.8. The molecule has 0 aliphatic heterocycles. The Kier molecular flexibility index (Phi) is 7.05. The van der Waals surface area contributed by atoms with E-state index >= 15 is 0 Å². The van der Waals surface area contributed by atoms with Gasteiger partial charge < -0.3 is 15.1 Å². The minimum absolute atomic E-state index is 0.0627. The lowest BCUT2D eigenvalue weighted by atomic mass is 9.89. The van der Waals surface area contributed by atoms with Crippen molar-refractivity contribution in [3.63, 3.8) is 0 Å². The molecule has 0 saturated heterocycles. The number of nitrogens with zero attached hydrogens (tertiary/aromatic N) is 6. The van der Waals surface area contributed by atoms with E-state index in [2.05, 4.69) is 64.5 Å². The monoisotopic (exact) mass is 564 g/mol. The molecule has 9 nitrogen and oxygen atoms in total. The molecular formula is C27H30ClFN8OSi. The highest BCUT2D eigenvalue weighted by Gasteiger charge is 2.42. The molecule has 202 valence electrons. The lowest BCUT2D eigenvalue weighted by molar-refractivity contribution is 0.0928. The summed E-state index contributed by atoms with van der Waals surface area (Å²) in [5.41, 5.74) is 0.788. The predicted molar refractivity (Wildman–Crippen MR) is 153 cm³/mol. The maximum Gasteiger partial charge on any atom is 0.192 e. The van der Waals surface area contributed by atoms with Crippen molar-refractivity contribution in [2.24, 2.45) is 0 Å². The summed E-state index contributed by atoms with van der Waals surface area (Å²) in [4.78, 5) is 13.1. The van der Waals surface area contributed by atoms with E-state index in [1.807, 2.05) is 12.1 Å². The van der Waals surface area contributed by atoms with Crippen LogP contribution in [-0.2, 0) is 4.43 Å². The fourth-order valence-electron chi connectivity index (χ4n) is 4.22. The van der Waals surface area contributed by atoms with Crippen LogP contribution in [0.25, 0.3) is 16.6 Å². The standard InChI is InChI=1S/C27H30ClFN8OSi/c1-27(2,3)39(4,5)38-19-8-18(9-19)35-24-11-25(33-15-32-24)36-23-10-22-17(13-31-23)14-34-37(22)26-20(28)6-16(12-30)7-21(26)29/h6-7,10-11,13-15,18-19H,8-9H2,1-5H3,(H2,31,32,33,35,36). The van der Waals surface area contributed by atoms with Crippen molar-refractivity contribution in [1.29, 1.82) is 5.26 Å². The molecule has 1 aromatic carbocycles. The number of halogens is 2. The Morgan fingerprint density at radius 3 is 2.49 bits per heavy atom. The van der Waals surface area contributed by atoms with Gasteiger partial charge in [0.15, 0.2) is 14.1 Å². The number of nitrogens with one attached hydrogen (secondary N) is 2. The molecule has 1 saturated carbocycles. The third-order valence-corrected chi connectivity index (χ3v) is 12.3. The molecule has 0 atom stereocenters. The fraction of sp³-hybridized carbons (Fsp3) is 0.370. The molecule has 1 aliphatic carbocycles. The molecule has 3 heterocycles. The van der Waals surface area contributed by atoms with E-state index in [1.54, 1.807) is 18.5 Å². The molecule has 5 rings (SSSR count). The summed E-state index contributed by atoms with van der Waals surface area (Å²) in [6.07, 6.45) is 6.85. The van der Waals surface area contributed by atoms with Crippen LogP contribution in [0.15, 0.2) is 43.0 Å². The lowest BCUT2D eigenvalue weighted by Gasteiger charge is -2.45. The normalized spacial score (nSPS) is 17.5. The van der Waals surface area contributed by atoms with Gasteiger partial charge in [-0.25, -0.2) is 24.0 Å². The second-order valence-corrected chi connectivity index (χ2v) is 16.5. The molecule has 2 N–H and O–H groups in total. The lowest BCUT2D eigenvalue weighted by Crippen LogP contribution is -2.50. The van der Waals surface area contributed by atoms with E-state index in [-0.39, 0.29) is 27.4 Å². The van der Waals surface area contributed by atoms with Gasteiger partial charge in [-0.3, -0.25) is 0 Å². The van der Waals surface area contributed by atoms with Crippen LogP contribution >= 0.6 is 11.6 Å². The predicted octanol–water partition coefficient (Wildman–Crippen LogP) is 6.58. The fourth-order valence-corrected chi connectivity index (χ4v) is 5.88. The average Bonchev–Trinajstić information content (AvgIpc) is 3.24. The highest BCUT2D eigenvalue weighted by atomic mass is 35.5. The van der Waals surface area contributed by atoms with Crippen molar-refractivity contribution in [3.8, 4) is 11.8 Å². The van der Waals surface area contributed by atoms with E-state index in [0.717, 1.165) is 18.9 Å². The molecule has 0 bridgehead atoms. The van der Waals surface area contributed by atoms with Gasteiger partial charge in [0, 0.05) is 35.9 Å². The van der Waals surface area contributed by atoms with Crippen LogP contribution in [0, 0.1) is 17.1 Å². The Morgan fingerprint density at radius 2 is 1.79 bits per heavy atom. The molecule has 12 heteroatoms. The number of benzene rings is 1. The Bertz CT molecular complexity index is 1550. The Hall–Kier alpha value is -3.59. The van der Waals surface area contributed by atoms with E-state index in [0.29, 0.717) is 34.4 Å². The minimum Gasteiger partial charge on any atom is -0.414 e. The molecule has 39 heavy (non-hydrogen) atoms. The molecule has 3 aromatic heterocycles. The van der Waals surface area contributed by atoms with Crippen LogP contribution in [0.4, 0.5) is 21.8 Å². The quantitative estimate of drug-likeness (QED) is 0.242. The number of nitriles is 1. The van der Waals surface area contributed by atoms with Crippen LogP contribution in [0.3, 0.4) is 0 Å². The van der Waals surface area contributed by atoms with E-state index in [9.17, 15) is 4.39 Å². The van der Waals surface area contributed by atoms with Crippen molar-refractivity contribution >= 4 is 48.3 Å². The number of fused-ring (bicyclic) bond motifs is 1. The molecule has 1 fully saturated rings. The first-order chi connectivity index (χ1) is 18.4. The summed E-state index contributed by atoms with van der Waals surface area (Å²) >= 11 is 6.30. The number of anilines is 3. The number of rotatable bonds is 7. The summed E-state index contributed by atoms with van der Waals surface area (Å²) in [5.74, 6) is 1.11. The summed E-state index contributed by atoms with van der Waals surface area (Å²) in [5, 5.41) is 21.0. The topological polar surface area (TPSA) is 114 Å². The summed E-state index contributed by atoms with van der Waals surface area (Å²) in [6, 6.07) is 8.29. The van der Waals surface area contributed by atoms with Crippen molar-refractivity contribution in [3.05, 3.63) is 59.4 Å². The molecular weight excluding hydrogens is 535 g/mol. The SMILES string of the molecule is CC(C)(C)[Si](C)(C)OC1CC(Nc2cc(Nc3cc4c(cn3)cnn4-c3c(F)cc(C#N)cc3Cl)ncn2)C1. The van der Waals surface area contributed by atoms with Crippen LogP contribution in [0.5, 0.6) is 0 Å². The van der Waals surface area contributed by atoms with Crippen molar-refractivity contribution in [2.75, 3.05) is 10.6 Å². The molecule has 0 spiro atoms. The molecule has 0 amide bonds. The third kappa shape index (κ3) is 5.59. The van der Waals surface area contributed by atoms with Gasteiger partial charge in [0.2, 0.25) is 0 Å². The first-order valence-electron chi connectivity index (χ1n) is 12.7. The second-order valence-electron chi connectivity index (χ2n) is 11.3. The van der Waals surface area contributed by atoms with Gasteiger partial charge in [0.05, 0.1) is 28.4 Å². The van der Waals surface area contributed by atoms with Crippen LogP contribution in [0.1, 0.15) is 39.2 Å². The minimum atomic E-state index is -1.78. The van der Waals surface area contributed by atoms with Gasteiger partial charge in [-0.1, -0.05) is 32.4 Å². The summed E-state index contributed by atoms with van der Waals surface area (Å²) in [7, 11) is -1.78. The van der Waals surface area contributed by atoms with E-state index < -0.39 is 14.1 Å². The van der Waals surface area contributed by atoms with Crippen LogP contribution in [0.2, 0.25) is 23.2 Å². The van der Waals surface area contributed by atoms with Crippen molar-refractivity contribution in [2.45, 2.75) is 63.9 Å². The van der Waals surface area contributed by atoms with Gasteiger partial charge in [0.25, 0.3) is 0 Å². The number of hydrogen-bond acceptors (Lipinski definition) is 8. The molecule has 1 aliphatic rings. The van der Waals surface area contributed by atoms with Gasteiger partial charge in [-0.2, -0.15) is 10.4 Å². The molecule has 4 aromatic rings. The smallest absolute Gasteiger partial charge is 0.192 e. The van der Waals surface area contributed by atoms with Crippen LogP contribution in [-0.4, -0.2) is 45.2 Å². The summed E-state index contributed by atoms with van der Waals surface area (Å²) in [6.45, 7) is 11.3. The first-order valence-corrected chi connectivity index (χ1v) is 16.0. The van der Waals surface area contributed by atoms with Crippen LogP contribution < -0.4 is 10.6 Å². The van der Waals surface area contributed by atoms with Crippen molar-refractivity contribution < 1.29 is 8.82 Å². The Balaban J connectivity index is 1.28. The summed E-state index contributed by atoms with van der Waals surface area (Å²) < 4.78 is 22.7. The van der Waals surface area contributed by atoms with E-state index in [4.69, 9.17) is 21.3 Å². The zero-order valence-corrected chi connectivity index (χ0v) is 24.2. The Labute approximate surface area is 232 Å². The maximum absolute atomic E-state index is 14.8. The number of hydrogen-bond donors (Lipinski definition) is 2. The largest absolute Gasteiger partial charge is 0.414 e. The van der Waals surface area contributed by atoms with Crippen molar-refractivity contribution in [1.82, 2.24) is 24.7 Å². The van der Waals surface area contributed by atoms with Gasteiger partial charge in [-0.15, -0.1) is 0 Å². The Morgan fingerprint density at radius 1 is 1.08 bits per heavy atom. The average molecular weight is 565 g/mol. The molecule has 0 radical (unpaired) electrons. The molecule has 0 unspecified atom stereocenters. The second kappa shape index (κ2) is 10.2.